The molecular weight excluding hydrogens is 213 g/mol. The van der Waals surface area contributed by atoms with Crippen molar-refractivity contribution in [2.45, 2.75) is 18.2 Å². The lowest BCUT2D eigenvalue weighted by Crippen LogP contribution is -2.25. The summed E-state index contributed by atoms with van der Waals surface area (Å²) in [6.07, 6.45) is 0.937. The van der Waals surface area contributed by atoms with E-state index in [1.807, 2.05) is 6.92 Å². The minimum Gasteiger partial charge on any atom is -0.355 e. The third-order valence-corrected chi connectivity index (χ3v) is 2.77. The molecule has 1 aromatic rings. The molecule has 0 aliphatic carbocycles. The summed E-state index contributed by atoms with van der Waals surface area (Å²) >= 11 is 1.41. The number of carbonyl (C=O) groups excluding carboxylic acids is 1. The molecular formula is C11H14FNOS. The van der Waals surface area contributed by atoms with Crippen LogP contribution in [0.3, 0.4) is 0 Å². The summed E-state index contributed by atoms with van der Waals surface area (Å²) in [5.74, 6) is 0.145. The van der Waals surface area contributed by atoms with E-state index in [2.05, 4.69) is 5.32 Å². The van der Waals surface area contributed by atoms with Crippen LogP contribution in [0.2, 0.25) is 0 Å². The van der Waals surface area contributed by atoms with Crippen molar-refractivity contribution < 1.29 is 9.18 Å². The Morgan fingerprint density at radius 2 is 2.07 bits per heavy atom. The Morgan fingerprint density at radius 1 is 1.40 bits per heavy atom. The fourth-order valence-electron chi connectivity index (χ4n) is 0.995. The van der Waals surface area contributed by atoms with Crippen molar-refractivity contribution in [1.82, 2.24) is 5.32 Å². The predicted octanol–water partition coefficient (Wildman–Crippen LogP) is 2.44. The van der Waals surface area contributed by atoms with Crippen LogP contribution < -0.4 is 5.32 Å². The highest BCUT2D eigenvalue weighted by molar-refractivity contribution is 8.00. The number of nitrogens with one attached hydrogen (secondary N) is 1. The third-order valence-electron chi connectivity index (χ3n) is 1.76. The molecule has 1 amide bonds. The first-order chi connectivity index (χ1) is 7.22. The average Bonchev–Trinajstić information content (AvgIpc) is 2.25. The van der Waals surface area contributed by atoms with E-state index >= 15 is 0 Å². The number of benzene rings is 1. The third kappa shape index (κ3) is 4.83. The summed E-state index contributed by atoms with van der Waals surface area (Å²) in [6.45, 7) is 2.72. The molecule has 0 aliphatic heterocycles. The monoisotopic (exact) mass is 227 g/mol. The highest BCUT2D eigenvalue weighted by Crippen LogP contribution is 2.17. The second kappa shape index (κ2) is 6.45. The number of halogens is 1. The van der Waals surface area contributed by atoms with Gasteiger partial charge in [0.25, 0.3) is 0 Å². The summed E-state index contributed by atoms with van der Waals surface area (Å²) in [5.41, 5.74) is 0. The molecule has 0 bridgehead atoms. The molecule has 1 aromatic carbocycles. The van der Waals surface area contributed by atoms with Gasteiger partial charge in [-0.2, -0.15) is 0 Å². The van der Waals surface area contributed by atoms with Gasteiger partial charge in [-0.25, -0.2) is 4.39 Å². The van der Waals surface area contributed by atoms with Crippen LogP contribution >= 0.6 is 11.8 Å². The van der Waals surface area contributed by atoms with Crippen molar-refractivity contribution in [1.29, 1.82) is 0 Å². The van der Waals surface area contributed by atoms with E-state index in [4.69, 9.17) is 0 Å². The van der Waals surface area contributed by atoms with Gasteiger partial charge in [-0.1, -0.05) is 6.92 Å². The molecule has 2 nitrogen and oxygen atoms in total. The second-order valence-corrected chi connectivity index (χ2v) is 4.14. The Morgan fingerprint density at radius 3 is 2.67 bits per heavy atom. The van der Waals surface area contributed by atoms with E-state index in [1.165, 1.54) is 23.9 Å². The highest BCUT2D eigenvalue weighted by atomic mass is 32.2. The average molecular weight is 227 g/mol. The van der Waals surface area contributed by atoms with Gasteiger partial charge >= 0.3 is 0 Å². The van der Waals surface area contributed by atoms with Gasteiger partial charge in [-0.05, 0) is 30.7 Å². The quantitative estimate of drug-likeness (QED) is 0.783. The largest absolute Gasteiger partial charge is 0.355 e. The fraction of sp³-hybridized carbons (Fsp3) is 0.364. The normalized spacial score (nSPS) is 10.0. The van der Waals surface area contributed by atoms with E-state index < -0.39 is 0 Å². The van der Waals surface area contributed by atoms with E-state index in [0.717, 1.165) is 11.3 Å². The van der Waals surface area contributed by atoms with E-state index in [-0.39, 0.29) is 11.7 Å². The van der Waals surface area contributed by atoms with Gasteiger partial charge in [0.15, 0.2) is 0 Å². The number of amides is 1. The standard InChI is InChI=1S/C11H14FNOS/c1-2-7-13-11(14)8-15-10-5-3-9(12)4-6-10/h3-6H,2,7-8H2,1H3,(H,13,14). The van der Waals surface area contributed by atoms with Crippen molar-refractivity contribution in [3.63, 3.8) is 0 Å². The number of hydrogen-bond donors (Lipinski definition) is 1. The van der Waals surface area contributed by atoms with Gasteiger partial charge in [-0.3, -0.25) is 4.79 Å². The van der Waals surface area contributed by atoms with E-state index in [0.29, 0.717) is 12.3 Å². The molecule has 0 spiro atoms. The molecule has 0 aromatic heterocycles. The van der Waals surface area contributed by atoms with Crippen molar-refractivity contribution in [3.8, 4) is 0 Å². The Balaban J connectivity index is 2.30. The molecule has 4 heteroatoms. The summed E-state index contributed by atoms with van der Waals surface area (Å²) in [4.78, 5) is 12.1. The maximum Gasteiger partial charge on any atom is 0.230 e. The molecule has 0 fully saturated rings. The molecule has 0 saturated heterocycles. The number of thioether (sulfide) groups is 1. The molecule has 1 N–H and O–H groups in total. The maximum absolute atomic E-state index is 12.6. The van der Waals surface area contributed by atoms with E-state index in [1.54, 1.807) is 12.1 Å². The van der Waals surface area contributed by atoms with Crippen molar-refractivity contribution in [2.75, 3.05) is 12.3 Å². The van der Waals surface area contributed by atoms with Gasteiger partial charge in [0.1, 0.15) is 5.82 Å². The first-order valence-corrected chi connectivity index (χ1v) is 5.86. The van der Waals surface area contributed by atoms with Crippen LogP contribution in [0.1, 0.15) is 13.3 Å². The van der Waals surface area contributed by atoms with Crippen molar-refractivity contribution in [2.24, 2.45) is 0 Å². The van der Waals surface area contributed by atoms with Crippen LogP contribution in [0.4, 0.5) is 4.39 Å². The predicted molar refractivity (Wildman–Crippen MR) is 60.4 cm³/mol. The summed E-state index contributed by atoms with van der Waals surface area (Å²) in [6, 6.07) is 6.14. The first-order valence-electron chi connectivity index (χ1n) is 4.87. The van der Waals surface area contributed by atoms with Crippen LogP contribution in [0.15, 0.2) is 29.2 Å². The molecule has 1 rings (SSSR count). The topological polar surface area (TPSA) is 29.1 Å². The molecule has 0 saturated carbocycles. The summed E-state index contributed by atoms with van der Waals surface area (Å²) in [5, 5.41) is 2.78. The van der Waals surface area contributed by atoms with Gasteiger partial charge in [-0.15, -0.1) is 11.8 Å². The lowest BCUT2D eigenvalue weighted by molar-refractivity contribution is -0.118. The molecule has 15 heavy (non-hydrogen) atoms. The van der Waals surface area contributed by atoms with Crippen LogP contribution in [-0.4, -0.2) is 18.2 Å². The summed E-state index contributed by atoms with van der Waals surface area (Å²) < 4.78 is 12.6. The molecule has 0 unspecified atom stereocenters. The van der Waals surface area contributed by atoms with E-state index in [9.17, 15) is 9.18 Å². The number of carbonyl (C=O) groups is 1. The van der Waals surface area contributed by atoms with Gasteiger partial charge < -0.3 is 5.32 Å². The molecule has 82 valence electrons. The number of hydrogen-bond acceptors (Lipinski definition) is 2. The van der Waals surface area contributed by atoms with Gasteiger partial charge in [0.05, 0.1) is 5.75 Å². The highest BCUT2D eigenvalue weighted by Gasteiger charge is 2.01. The summed E-state index contributed by atoms with van der Waals surface area (Å²) in [7, 11) is 0. The Hall–Kier alpha value is -1.03. The minimum atomic E-state index is -0.255. The van der Waals surface area contributed by atoms with Crippen molar-refractivity contribution >= 4 is 17.7 Å². The van der Waals surface area contributed by atoms with Crippen LogP contribution in [0.25, 0.3) is 0 Å². The van der Waals surface area contributed by atoms with Gasteiger partial charge in [0, 0.05) is 11.4 Å². The number of rotatable bonds is 5. The Bertz CT molecular complexity index is 313. The smallest absolute Gasteiger partial charge is 0.230 e. The zero-order chi connectivity index (χ0) is 11.1. The second-order valence-electron chi connectivity index (χ2n) is 3.09. The lowest BCUT2D eigenvalue weighted by Gasteiger charge is -2.03. The SMILES string of the molecule is CCCNC(=O)CSc1ccc(F)cc1. The molecule has 0 aliphatic rings. The minimum absolute atomic E-state index is 0.0196. The van der Waals surface area contributed by atoms with Crippen molar-refractivity contribution in [3.05, 3.63) is 30.1 Å². The van der Waals surface area contributed by atoms with Crippen LogP contribution in [0, 0.1) is 5.82 Å². The maximum atomic E-state index is 12.6. The van der Waals surface area contributed by atoms with Crippen LogP contribution in [0.5, 0.6) is 0 Å². The van der Waals surface area contributed by atoms with Crippen LogP contribution in [-0.2, 0) is 4.79 Å². The Labute approximate surface area is 93.3 Å². The zero-order valence-electron chi connectivity index (χ0n) is 8.63. The molecule has 0 radical (unpaired) electrons. The molecule has 0 atom stereocenters. The first kappa shape index (κ1) is 12.0. The van der Waals surface area contributed by atoms with Gasteiger partial charge in [0.2, 0.25) is 5.91 Å². The zero-order valence-corrected chi connectivity index (χ0v) is 9.44. The lowest BCUT2D eigenvalue weighted by atomic mass is 10.4. The Kier molecular flexibility index (Phi) is 5.18. The molecule has 0 heterocycles. The fourth-order valence-corrected chi connectivity index (χ4v) is 1.72.